The molecule has 3 atom stereocenters. The molecule has 446 valence electrons. The zero-order valence-corrected chi connectivity index (χ0v) is 50.2. The first kappa shape index (κ1) is 74.1. The van der Waals surface area contributed by atoms with Gasteiger partial charge in [-0.15, -0.1) is 0 Å². The van der Waals surface area contributed by atoms with Crippen LogP contribution in [0.4, 0.5) is 0 Å². The zero-order chi connectivity index (χ0) is 56.9. The molecule has 0 radical (unpaired) electrons. The first-order chi connectivity index (χ1) is 38.2. The molecule has 0 aromatic heterocycles. The highest BCUT2D eigenvalue weighted by atomic mass is 31.2. The van der Waals surface area contributed by atoms with E-state index in [1.807, 2.05) is 12.2 Å². The molecular formula is C66H111O11P. The molecular weight excluding hydrogens is 1000 g/mol. The van der Waals surface area contributed by atoms with E-state index in [1.54, 1.807) is 0 Å². The van der Waals surface area contributed by atoms with Crippen molar-refractivity contribution < 1.29 is 52.2 Å². The third kappa shape index (κ3) is 56.8. The molecule has 0 aliphatic rings. The van der Waals surface area contributed by atoms with Crippen molar-refractivity contribution in [2.45, 2.75) is 264 Å². The summed E-state index contributed by atoms with van der Waals surface area (Å²) in [5.74, 6) is -1.59. The van der Waals surface area contributed by atoms with E-state index in [1.165, 1.54) is 96.3 Å². The Hall–Kier alpha value is -3.86. The number of hydrogen-bond acceptors (Lipinski definition) is 10. The van der Waals surface area contributed by atoms with E-state index < -0.39 is 57.8 Å². The zero-order valence-electron chi connectivity index (χ0n) is 49.3. The van der Waals surface area contributed by atoms with Crippen molar-refractivity contribution in [1.29, 1.82) is 0 Å². The van der Waals surface area contributed by atoms with Crippen LogP contribution in [0.5, 0.6) is 0 Å². The SMILES string of the molecule is CC/C=C\C/C=C\C/C=C\C/C=C\C/C=C\CCCCCC(=O)OCC(COP(=O)(O)OCC(CO)OC(=O)CC/C=C\C/C=C\C/C=C\C/C=C\CC)OC(=O)CCCCCCCCCCCCCCCCCCCCC. The van der Waals surface area contributed by atoms with E-state index in [0.717, 1.165) is 96.3 Å². The predicted octanol–water partition coefficient (Wildman–Crippen LogP) is 18.6. The number of phosphoric acid groups is 1. The van der Waals surface area contributed by atoms with Gasteiger partial charge in [-0.25, -0.2) is 4.57 Å². The molecule has 3 unspecified atom stereocenters. The van der Waals surface area contributed by atoms with Gasteiger partial charge in [0.2, 0.25) is 0 Å². The largest absolute Gasteiger partial charge is 0.472 e. The van der Waals surface area contributed by atoms with Gasteiger partial charge < -0.3 is 24.2 Å². The van der Waals surface area contributed by atoms with E-state index >= 15 is 0 Å². The summed E-state index contributed by atoms with van der Waals surface area (Å²) >= 11 is 0. The van der Waals surface area contributed by atoms with Gasteiger partial charge >= 0.3 is 25.7 Å². The van der Waals surface area contributed by atoms with E-state index in [0.29, 0.717) is 19.3 Å². The molecule has 0 aliphatic heterocycles. The van der Waals surface area contributed by atoms with E-state index in [2.05, 4.69) is 118 Å². The number of ether oxygens (including phenoxy) is 3. The van der Waals surface area contributed by atoms with Crippen LogP contribution in [0.3, 0.4) is 0 Å². The van der Waals surface area contributed by atoms with Crippen LogP contribution < -0.4 is 0 Å². The molecule has 0 amide bonds. The molecule has 0 rings (SSSR count). The molecule has 11 nitrogen and oxygen atoms in total. The van der Waals surface area contributed by atoms with Crippen molar-refractivity contribution in [3.8, 4) is 0 Å². The molecule has 0 aromatic carbocycles. The summed E-state index contributed by atoms with van der Waals surface area (Å²) in [5.41, 5.74) is 0. The number of carbonyl (C=O) groups excluding carboxylic acids is 3. The second-order valence-corrected chi connectivity index (χ2v) is 21.6. The second-order valence-electron chi connectivity index (χ2n) is 20.1. The van der Waals surface area contributed by atoms with Crippen LogP contribution >= 0.6 is 7.82 Å². The molecule has 0 fully saturated rings. The van der Waals surface area contributed by atoms with Gasteiger partial charge in [0.1, 0.15) is 12.7 Å². The first-order valence-corrected chi connectivity index (χ1v) is 32.3. The average molecular weight is 1110 g/mol. The van der Waals surface area contributed by atoms with E-state index in [4.69, 9.17) is 23.3 Å². The first-order valence-electron chi connectivity index (χ1n) is 30.8. The minimum Gasteiger partial charge on any atom is -0.462 e. The van der Waals surface area contributed by atoms with Crippen LogP contribution in [-0.2, 0) is 42.2 Å². The van der Waals surface area contributed by atoms with Crippen LogP contribution in [0.1, 0.15) is 252 Å². The minimum atomic E-state index is -4.78. The van der Waals surface area contributed by atoms with Crippen LogP contribution in [0.15, 0.2) is 109 Å². The Balaban J connectivity index is 4.81. The molecule has 0 heterocycles. The number of allylic oxidation sites excluding steroid dienone is 18. The fraction of sp³-hybridized carbons (Fsp3) is 0.682. The van der Waals surface area contributed by atoms with Gasteiger partial charge in [0.15, 0.2) is 6.10 Å². The predicted molar refractivity (Wildman–Crippen MR) is 325 cm³/mol. The van der Waals surface area contributed by atoms with Crippen molar-refractivity contribution in [2.24, 2.45) is 0 Å². The van der Waals surface area contributed by atoms with Crippen molar-refractivity contribution in [3.63, 3.8) is 0 Å². The Morgan fingerprint density at radius 3 is 1.10 bits per heavy atom. The van der Waals surface area contributed by atoms with Crippen molar-refractivity contribution in [1.82, 2.24) is 0 Å². The Kier molecular flexibility index (Phi) is 56.3. The molecule has 0 saturated heterocycles. The highest BCUT2D eigenvalue weighted by Gasteiger charge is 2.28. The summed E-state index contributed by atoms with van der Waals surface area (Å²) in [7, 11) is -4.78. The number of unbranched alkanes of at least 4 members (excludes halogenated alkanes) is 21. The number of aliphatic hydroxyl groups is 1. The average Bonchev–Trinajstić information content (AvgIpc) is 3.43. The quantitative estimate of drug-likeness (QED) is 0.0197. The molecule has 2 N–H and O–H groups in total. The van der Waals surface area contributed by atoms with Gasteiger partial charge in [0.25, 0.3) is 0 Å². The Morgan fingerprint density at radius 1 is 0.372 bits per heavy atom. The number of hydrogen-bond donors (Lipinski definition) is 2. The fourth-order valence-corrected chi connectivity index (χ4v) is 8.89. The van der Waals surface area contributed by atoms with Crippen LogP contribution in [0, 0.1) is 0 Å². The van der Waals surface area contributed by atoms with Gasteiger partial charge in [-0.3, -0.25) is 23.4 Å². The lowest BCUT2D eigenvalue weighted by Gasteiger charge is -2.21. The van der Waals surface area contributed by atoms with Crippen molar-refractivity contribution >= 4 is 25.7 Å². The van der Waals surface area contributed by atoms with Gasteiger partial charge in [0.05, 0.1) is 19.8 Å². The molecule has 0 spiro atoms. The van der Waals surface area contributed by atoms with Crippen molar-refractivity contribution in [2.75, 3.05) is 26.4 Å². The topological polar surface area (TPSA) is 155 Å². The Labute approximate surface area is 475 Å². The molecule has 0 bridgehead atoms. The summed E-state index contributed by atoms with van der Waals surface area (Å²) < 4.78 is 39.5. The highest BCUT2D eigenvalue weighted by Crippen LogP contribution is 2.43. The Bertz CT molecular complexity index is 1720. The number of phosphoric ester groups is 1. The van der Waals surface area contributed by atoms with Gasteiger partial charge in [-0.2, -0.15) is 0 Å². The lowest BCUT2D eigenvalue weighted by Crippen LogP contribution is -2.30. The second kappa shape index (κ2) is 59.3. The third-order valence-electron chi connectivity index (χ3n) is 12.7. The summed E-state index contributed by atoms with van der Waals surface area (Å²) in [6, 6.07) is 0. The normalized spacial score (nSPS) is 14.1. The smallest absolute Gasteiger partial charge is 0.462 e. The lowest BCUT2D eigenvalue weighted by atomic mass is 10.0. The summed E-state index contributed by atoms with van der Waals surface area (Å²) in [6.45, 7) is 4.31. The molecule has 0 aromatic rings. The van der Waals surface area contributed by atoms with E-state index in [-0.39, 0.29) is 25.9 Å². The summed E-state index contributed by atoms with van der Waals surface area (Å²) in [4.78, 5) is 48.6. The standard InChI is InChI=1S/C66H111O11P/c1-4-7-10-13-16-19-22-25-27-29-31-33-35-38-40-43-46-49-52-55-64(68)73-59-63(77-66(70)57-54-51-48-45-42-39-36-34-32-30-28-26-23-20-17-14-11-8-5-2)61-75-78(71,72)74-60-62(58-67)76-65(69)56-53-50-47-44-41-37-24-21-18-15-12-9-6-3/h7,9-10,12,16,18-19,21,25,27,31,33,37-38,40-41,47,50,62-63,67H,4-6,8,11,13-15,17,20,22-24,26,28-30,32,34-36,39,42-46,48-49,51-61H2,1-3H3,(H,71,72)/b10-7-,12-9-,19-16-,21-18-,27-25-,33-31-,40-38-,41-37-,50-47-. The fourth-order valence-electron chi connectivity index (χ4n) is 8.10. The number of carbonyl (C=O) groups is 3. The van der Waals surface area contributed by atoms with E-state index in [9.17, 15) is 28.9 Å². The molecule has 12 heteroatoms. The maximum atomic E-state index is 12.9. The number of esters is 3. The highest BCUT2D eigenvalue weighted by molar-refractivity contribution is 7.47. The number of aliphatic hydroxyl groups excluding tert-OH is 1. The Morgan fingerprint density at radius 2 is 0.692 bits per heavy atom. The molecule has 0 aliphatic carbocycles. The van der Waals surface area contributed by atoms with Crippen LogP contribution in [0.25, 0.3) is 0 Å². The number of rotatable bonds is 56. The third-order valence-corrected chi connectivity index (χ3v) is 13.7. The maximum absolute atomic E-state index is 12.9. The maximum Gasteiger partial charge on any atom is 0.472 e. The molecule has 0 saturated carbocycles. The molecule has 78 heavy (non-hydrogen) atoms. The monoisotopic (exact) mass is 1110 g/mol. The van der Waals surface area contributed by atoms with Crippen molar-refractivity contribution in [3.05, 3.63) is 109 Å². The summed E-state index contributed by atoms with van der Waals surface area (Å²) in [5, 5.41) is 9.81. The van der Waals surface area contributed by atoms with Crippen LogP contribution in [0.2, 0.25) is 0 Å². The van der Waals surface area contributed by atoms with Gasteiger partial charge in [-0.1, -0.05) is 252 Å². The lowest BCUT2D eigenvalue weighted by molar-refractivity contribution is -0.161. The van der Waals surface area contributed by atoms with Gasteiger partial charge in [0, 0.05) is 19.3 Å². The summed E-state index contributed by atoms with van der Waals surface area (Å²) in [6.07, 6.45) is 72.1. The van der Waals surface area contributed by atoms with Gasteiger partial charge in [-0.05, 0) is 89.9 Å². The van der Waals surface area contributed by atoms with Crippen LogP contribution in [-0.4, -0.2) is 66.5 Å². The minimum absolute atomic E-state index is 0.0500.